The van der Waals surface area contributed by atoms with Crippen LogP contribution >= 0.6 is 15.9 Å². The number of aliphatic hydroxyl groups is 1. The van der Waals surface area contributed by atoms with Gasteiger partial charge in [0, 0.05) is 30.6 Å². The van der Waals surface area contributed by atoms with E-state index in [1.165, 1.54) is 0 Å². The van der Waals surface area contributed by atoms with Crippen LogP contribution in [0.4, 0.5) is 0 Å². The van der Waals surface area contributed by atoms with E-state index >= 15 is 0 Å². The molecule has 0 spiro atoms. The highest BCUT2D eigenvalue weighted by Gasteiger charge is 2.30. The van der Waals surface area contributed by atoms with Crippen molar-refractivity contribution in [2.45, 2.75) is 12.8 Å². The largest absolute Gasteiger partial charge is 0.396 e. The van der Waals surface area contributed by atoms with E-state index in [9.17, 15) is 0 Å². The minimum Gasteiger partial charge on any atom is -0.396 e. The summed E-state index contributed by atoms with van der Waals surface area (Å²) < 4.78 is 5.20. The van der Waals surface area contributed by atoms with E-state index in [1.54, 1.807) is 0 Å². The molecule has 1 rings (SSSR count). The Morgan fingerprint density at radius 1 is 1.40 bits per heavy atom. The van der Waals surface area contributed by atoms with Crippen molar-refractivity contribution in [1.29, 1.82) is 0 Å². The Labute approximate surface area is 69.7 Å². The highest BCUT2D eigenvalue weighted by molar-refractivity contribution is 9.09. The first-order valence-corrected chi connectivity index (χ1v) is 4.70. The highest BCUT2D eigenvalue weighted by atomic mass is 79.9. The molecule has 0 aromatic carbocycles. The first-order chi connectivity index (χ1) is 4.83. The summed E-state index contributed by atoms with van der Waals surface area (Å²) in [7, 11) is 0. The molecule has 3 heteroatoms. The number of hydrogen-bond donors (Lipinski definition) is 1. The fraction of sp³-hybridized carbons (Fsp3) is 1.00. The zero-order valence-electron chi connectivity index (χ0n) is 5.98. The van der Waals surface area contributed by atoms with Gasteiger partial charge in [0.05, 0.1) is 0 Å². The normalized spacial score (nSPS) is 24.6. The SMILES string of the molecule is OCC1(CBr)CCOCC1. The van der Waals surface area contributed by atoms with Crippen molar-refractivity contribution in [2.24, 2.45) is 5.41 Å². The molecular weight excluding hydrogens is 196 g/mol. The molecular formula is C7H13BrO2. The Balaban J connectivity index is 2.44. The van der Waals surface area contributed by atoms with Crippen LogP contribution in [0.25, 0.3) is 0 Å². The van der Waals surface area contributed by atoms with Crippen molar-refractivity contribution in [3.8, 4) is 0 Å². The van der Waals surface area contributed by atoms with Crippen molar-refractivity contribution in [1.82, 2.24) is 0 Å². The van der Waals surface area contributed by atoms with Crippen LogP contribution in [0.3, 0.4) is 0 Å². The van der Waals surface area contributed by atoms with E-state index in [0.29, 0.717) is 0 Å². The molecule has 0 atom stereocenters. The predicted octanol–water partition coefficient (Wildman–Crippen LogP) is 1.17. The van der Waals surface area contributed by atoms with Gasteiger partial charge >= 0.3 is 0 Å². The number of alkyl halides is 1. The summed E-state index contributed by atoms with van der Waals surface area (Å²) in [6.45, 7) is 1.87. The van der Waals surface area contributed by atoms with E-state index in [4.69, 9.17) is 9.84 Å². The molecule has 0 aliphatic carbocycles. The van der Waals surface area contributed by atoms with Crippen LogP contribution in [0.15, 0.2) is 0 Å². The van der Waals surface area contributed by atoms with Crippen LogP contribution in [0, 0.1) is 5.41 Å². The molecule has 0 bridgehead atoms. The Bertz CT molecular complexity index is 93.8. The summed E-state index contributed by atoms with van der Waals surface area (Å²) in [6, 6.07) is 0. The lowest BCUT2D eigenvalue weighted by atomic mass is 9.83. The van der Waals surface area contributed by atoms with E-state index in [0.717, 1.165) is 31.4 Å². The maximum atomic E-state index is 9.06. The molecule has 60 valence electrons. The lowest BCUT2D eigenvalue weighted by Gasteiger charge is -2.33. The van der Waals surface area contributed by atoms with Gasteiger partial charge in [0.2, 0.25) is 0 Å². The molecule has 0 unspecified atom stereocenters. The molecule has 1 saturated heterocycles. The zero-order valence-corrected chi connectivity index (χ0v) is 7.56. The molecule has 1 aliphatic heterocycles. The van der Waals surface area contributed by atoms with E-state index in [-0.39, 0.29) is 12.0 Å². The number of ether oxygens (including phenoxy) is 1. The molecule has 0 aromatic heterocycles. The standard InChI is InChI=1S/C7H13BrO2/c8-5-7(6-9)1-3-10-4-2-7/h9H,1-6H2. The molecule has 0 aromatic rings. The average molecular weight is 209 g/mol. The Morgan fingerprint density at radius 3 is 2.30 bits per heavy atom. The molecule has 1 N–H and O–H groups in total. The second-order valence-corrected chi connectivity index (χ2v) is 3.46. The number of aliphatic hydroxyl groups excluding tert-OH is 1. The molecule has 0 saturated carbocycles. The van der Waals surface area contributed by atoms with E-state index in [2.05, 4.69) is 15.9 Å². The molecule has 1 fully saturated rings. The predicted molar refractivity (Wildman–Crippen MR) is 43.4 cm³/mol. The quantitative estimate of drug-likeness (QED) is 0.691. The number of rotatable bonds is 2. The van der Waals surface area contributed by atoms with Gasteiger partial charge in [-0.15, -0.1) is 0 Å². The molecule has 0 amide bonds. The third-order valence-electron chi connectivity index (χ3n) is 2.17. The van der Waals surface area contributed by atoms with Crippen LogP contribution in [-0.2, 0) is 4.74 Å². The summed E-state index contributed by atoms with van der Waals surface area (Å²) in [5.74, 6) is 0. The third kappa shape index (κ3) is 1.71. The number of hydrogen-bond acceptors (Lipinski definition) is 2. The van der Waals surface area contributed by atoms with Gasteiger partial charge < -0.3 is 9.84 Å². The van der Waals surface area contributed by atoms with Gasteiger partial charge in [0.1, 0.15) is 0 Å². The number of halogens is 1. The lowest BCUT2D eigenvalue weighted by Crippen LogP contribution is -2.34. The smallest absolute Gasteiger partial charge is 0.0497 e. The first kappa shape index (κ1) is 8.50. The van der Waals surface area contributed by atoms with Crippen molar-refractivity contribution < 1.29 is 9.84 Å². The highest BCUT2D eigenvalue weighted by Crippen LogP contribution is 2.31. The van der Waals surface area contributed by atoms with Crippen molar-refractivity contribution in [2.75, 3.05) is 25.2 Å². The molecule has 10 heavy (non-hydrogen) atoms. The maximum Gasteiger partial charge on any atom is 0.0497 e. The minimum absolute atomic E-state index is 0.109. The summed E-state index contributed by atoms with van der Waals surface area (Å²) >= 11 is 3.41. The zero-order chi connectivity index (χ0) is 7.45. The topological polar surface area (TPSA) is 29.5 Å². The van der Waals surface area contributed by atoms with E-state index < -0.39 is 0 Å². The Morgan fingerprint density at radius 2 is 2.00 bits per heavy atom. The summed E-state index contributed by atoms with van der Waals surface area (Å²) in [5, 5.41) is 9.94. The first-order valence-electron chi connectivity index (χ1n) is 3.58. The van der Waals surface area contributed by atoms with Gasteiger partial charge in [-0.2, -0.15) is 0 Å². The second kappa shape index (κ2) is 3.69. The molecule has 1 aliphatic rings. The molecule has 2 nitrogen and oxygen atoms in total. The molecule has 0 radical (unpaired) electrons. The van der Waals surface area contributed by atoms with Crippen LogP contribution in [0.1, 0.15) is 12.8 Å². The van der Waals surface area contributed by atoms with Gasteiger partial charge in [0.15, 0.2) is 0 Å². The lowest BCUT2D eigenvalue weighted by molar-refractivity contribution is -0.00214. The van der Waals surface area contributed by atoms with Gasteiger partial charge in [-0.05, 0) is 12.8 Å². The van der Waals surface area contributed by atoms with Crippen LogP contribution in [0.5, 0.6) is 0 Å². The maximum absolute atomic E-state index is 9.06. The van der Waals surface area contributed by atoms with Gasteiger partial charge in [-0.3, -0.25) is 0 Å². The van der Waals surface area contributed by atoms with Crippen molar-refractivity contribution >= 4 is 15.9 Å². The van der Waals surface area contributed by atoms with Gasteiger partial charge in [-0.1, -0.05) is 15.9 Å². The van der Waals surface area contributed by atoms with Crippen molar-refractivity contribution in [3.05, 3.63) is 0 Å². The fourth-order valence-corrected chi connectivity index (χ4v) is 1.88. The average Bonchev–Trinajstić information content (AvgIpc) is 2.06. The fourth-order valence-electron chi connectivity index (χ4n) is 1.14. The van der Waals surface area contributed by atoms with Crippen molar-refractivity contribution in [3.63, 3.8) is 0 Å². The summed E-state index contributed by atoms with van der Waals surface area (Å²) in [6.07, 6.45) is 1.96. The van der Waals surface area contributed by atoms with Gasteiger partial charge in [0.25, 0.3) is 0 Å². The molecule has 1 heterocycles. The van der Waals surface area contributed by atoms with Gasteiger partial charge in [-0.25, -0.2) is 0 Å². The van der Waals surface area contributed by atoms with Crippen LogP contribution < -0.4 is 0 Å². The second-order valence-electron chi connectivity index (χ2n) is 2.90. The Kier molecular flexibility index (Phi) is 3.14. The van der Waals surface area contributed by atoms with E-state index in [1.807, 2.05) is 0 Å². The minimum atomic E-state index is 0.109. The third-order valence-corrected chi connectivity index (χ3v) is 3.36. The van der Waals surface area contributed by atoms with Crippen LogP contribution in [0.2, 0.25) is 0 Å². The van der Waals surface area contributed by atoms with Crippen LogP contribution in [-0.4, -0.2) is 30.3 Å². The summed E-state index contributed by atoms with van der Waals surface area (Å²) in [5.41, 5.74) is 0.109. The summed E-state index contributed by atoms with van der Waals surface area (Å²) in [4.78, 5) is 0. The Hall–Kier alpha value is 0.400. The monoisotopic (exact) mass is 208 g/mol.